The highest BCUT2D eigenvalue weighted by Crippen LogP contribution is 2.66. The van der Waals surface area contributed by atoms with Crippen molar-refractivity contribution in [2.45, 2.75) is 38.5 Å². The standard InChI is InChI=1S/C32H20N4S6.C13H6N2O/c1-31(2)15-11-19(13-7-5-9-17-23(13)35-41-33-17)37-25(15)27-21(31)29-30(39-27)22-28(40-29)26-16(32(22,3)4)12-20(38-26)14-8-6-10-18-24(14)36-42-34-18;1-8-12(9(6-14)7-15)10-4-2-3-5-11(10)13(8)16/h5-12H,1-4H3;2-5H,1H2. The molecule has 0 spiro atoms. The summed E-state index contributed by atoms with van der Waals surface area (Å²) < 4.78 is 21.2. The van der Waals surface area contributed by atoms with Gasteiger partial charge in [0.25, 0.3) is 0 Å². The molecule has 13 heteroatoms. The van der Waals surface area contributed by atoms with Gasteiger partial charge in [-0.25, -0.2) is 0 Å². The summed E-state index contributed by atoms with van der Waals surface area (Å²) in [7, 11) is 0. The topological polar surface area (TPSA) is 116 Å². The maximum atomic E-state index is 11.8. The molecule has 3 aliphatic carbocycles. The van der Waals surface area contributed by atoms with Crippen LogP contribution in [0.15, 0.2) is 90.5 Å². The van der Waals surface area contributed by atoms with Gasteiger partial charge in [-0.1, -0.05) is 82.8 Å². The van der Waals surface area contributed by atoms with E-state index in [-0.39, 0.29) is 27.8 Å². The molecule has 0 bridgehead atoms. The number of Topliss-reactive ketones (excluding diaryl/α,β-unsaturated/α-hetero) is 1. The molecule has 0 fully saturated rings. The Morgan fingerprint density at radius 1 is 0.603 bits per heavy atom. The van der Waals surface area contributed by atoms with Crippen LogP contribution in [0, 0.1) is 22.7 Å². The Morgan fingerprint density at radius 2 is 1.07 bits per heavy atom. The van der Waals surface area contributed by atoms with Crippen molar-refractivity contribution >= 4 is 112 Å². The minimum absolute atomic E-state index is 0.0503. The Morgan fingerprint density at radius 3 is 1.55 bits per heavy atom. The van der Waals surface area contributed by atoms with E-state index in [0.717, 1.165) is 22.1 Å². The van der Waals surface area contributed by atoms with Gasteiger partial charge in [-0.3, -0.25) is 4.79 Å². The number of aromatic nitrogens is 4. The van der Waals surface area contributed by atoms with E-state index in [4.69, 9.17) is 10.5 Å². The second-order valence-electron chi connectivity index (χ2n) is 15.4. The molecule has 0 saturated heterocycles. The fourth-order valence-corrected chi connectivity index (χ4v) is 16.3. The number of thiophene rings is 4. The Kier molecular flexibility index (Phi) is 7.68. The van der Waals surface area contributed by atoms with Crippen LogP contribution in [0.3, 0.4) is 0 Å². The lowest BCUT2D eigenvalue weighted by atomic mass is 9.81. The molecule has 3 aliphatic rings. The summed E-state index contributed by atoms with van der Waals surface area (Å²) >= 11 is 10.5. The third kappa shape index (κ3) is 4.74. The number of hydrogen-bond acceptors (Lipinski definition) is 13. The van der Waals surface area contributed by atoms with E-state index in [1.807, 2.05) is 45.3 Å². The number of nitrogens with zero attached hydrogens (tertiary/aromatic N) is 6. The minimum Gasteiger partial charge on any atom is -0.289 e. The number of benzene rings is 3. The molecule has 6 heterocycles. The lowest BCUT2D eigenvalue weighted by molar-refractivity contribution is 0.104. The third-order valence-corrected chi connectivity index (χ3v) is 17.9. The highest BCUT2D eigenvalue weighted by atomic mass is 32.1. The number of carbonyl (C=O) groups excluding carboxylic acids is 1. The first kappa shape index (κ1) is 35.6. The molecular weight excluding hydrogens is 833 g/mol. The third-order valence-electron chi connectivity index (χ3n) is 11.6. The highest BCUT2D eigenvalue weighted by Gasteiger charge is 2.47. The Balaban J connectivity index is 0.000000204. The summed E-state index contributed by atoms with van der Waals surface area (Å²) in [4.78, 5) is 20.2. The average Bonchev–Trinajstić information content (AvgIpc) is 4.08. The van der Waals surface area contributed by atoms with Crippen LogP contribution >= 0.6 is 68.8 Å². The number of fused-ring (bicyclic) bond motifs is 12. The van der Waals surface area contributed by atoms with Gasteiger partial charge in [-0.2, -0.15) is 28.0 Å². The maximum Gasteiger partial charge on any atom is 0.193 e. The summed E-state index contributed by atoms with van der Waals surface area (Å²) in [5, 5.41) is 17.7. The zero-order valence-electron chi connectivity index (χ0n) is 31.2. The predicted molar refractivity (Wildman–Crippen MR) is 241 cm³/mol. The van der Waals surface area contributed by atoms with Gasteiger partial charge in [0.1, 0.15) is 39.8 Å². The van der Waals surface area contributed by atoms with E-state index in [1.165, 1.54) is 95.5 Å². The van der Waals surface area contributed by atoms with Crippen molar-refractivity contribution in [3.05, 3.63) is 124 Å². The van der Waals surface area contributed by atoms with Crippen molar-refractivity contribution in [1.29, 1.82) is 10.5 Å². The van der Waals surface area contributed by atoms with Crippen molar-refractivity contribution in [2.75, 3.05) is 0 Å². The van der Waals surface area contributed by atoms with Crippen molar-refractivity contribution in [2.24, 2.45) is 0 Å². The van der Waals surface area contributed by atoms with Gasteiger partial charge in [0.15, 0.2) is 5.78 Å². The quantitative estimate of drug-likeness (QED) is 0.125. The SMILES string of the molecule is C=C1C(=O)c2ccccc2C1=C(C#N)C#N.CC1(C)c2cc(-c3cccc4nsnc34)sc2-c2sc3c4c(sc3c21)-c1sc(-c2cccc3nsnc23)cc1C4(C)C. The minimum atomic E-state index is -0.214. The number of carbonyl (C=O) groups is 1. The van der Waals surface area contributed by atoms with Crippen LogP contribution in [0.25, 0.3) is 77.4 Å². The molecule has 0 amide bonds. The van der Waals surface area contributed by atoms with Crippen molar-refractivity contribution in [3.63, 3.8) is 0 Å². The van der Waals surface area contributed by atoms with E-state index in [1.54, 1.807) is 36.4 Å². The van der Waals surface area contributed by atoms with E-state index in [9.17, 15) is 4.79 Å². The maximum absolute atomic E-state index is 11.8. The first-order chi connectivity index (χ1) is 28.0. The fourth-order valence-electron chi connectivity index (χ4n) is 8.74. The summed E-state index contributed by atoms with van der Waals surface area (Å²) in [5.74, 6) is -0.214. The first-order valence-electron chi connectivity index (χ1n) is 18.2. The van der Waals surface area contributed by atoms with Crippen LogP contribution in [0.4, 0.5) is 0 Å². The Hall–Kier alpha value is -5.51. The summed E-state index contributed by atoms with van der Waals surface area (Å²) in [5.41, 5.74) is 13.9. The summed E-state index contributed by atoms with van der Waals surface area (Å²) in [6.07, 6.45) is 0. The van der Waals surface area contributed by atoms with Crippen LogP contribution < -0.4 is 0 Å². The molecule has 6 aromatic heterocycles. The molecule has 0 aliphatic heterocycles. The molecule has 3 aromatic carbocycles. The molecule has 58 heavy (non-hydrogen) atoms. The normalized spacial score (nSPS) is 15.2. The van der Waals surface area contributed by atoms with Gasteiger partial charge in [0.05, 0.1) is 42.6 Å². The van der Waals surface area contributed by atoms with E-state index in [0.29, 0.717) is 16.7 Å². The largest absolute Gasteiger partial charge is 0.289 e. The van der Waals surface area contributed by atoms with Crippen LogP contribution in [0.1, 0.15) is 65.9 Å². The van der Waals surface area contributed by atoms with Crippen LogP contribution in [0.2, 0.25) is 0 Å². The molecule has 0 atom stereocenters. The monoisotopic (exact) mass is 858 g/mol. The molecule has 0 N–H and O–H groups in total. The fraction of sp³-hybridized carbons (Fsp3) is 0.133. The molecule has 0 saturated carbocycles. The van der Waals surface area contributed by atoms with E-state index < -0.39 is 0 Å². The predicted octanol–water partition coefficient (Wildman–Crippen LogP) is 13.3. The molecule has 0 radical (unpaired) electrons. The molecule has 7 nitrogen and oxygen atoms in total. The lowest BCUT2D eigenvalue weighted by Gasteiger charge is -2.21. The van der Waals surface area contributed by atoms with Gasteiger partial charge >= 0.3 is 0 Å². The zero-order valence-corrected chi connectivity index (χ0v) is 36.1. The molecule has 9 aromatic rings. The van der Waals surface area contributed by atoms with Crippen molar-refractivity contribution in [1.82, 2.24) is 17.5 Å². The smallest absolute Gasteiger partial charge is 0.193 e. The Labute approximate surface area is 356 Å². The number of nitriles is 2. The van der Waals surface area contributed by atoms with Gasteiger partial charge in [-0.15, -0.1) is 45.3 Å². The van der Waals surface area contributed by atoms with Crippen LogP contribution in [-0.4, -0.2) is 23.3 Å². The van der Waals surface area contributed by atoms with Gasteiger partial charge in [-0.05, 0) is 52.1 Å². The zero-order chi connectivity index (χ0) is 39.8. The van der Waals surface area contributed by atoms with E-state index >= 15 is 0 Å². The van der Waals surface area contributed by atoms with E-state index in [2.05, 4.69) is 100 Å². The molecule has 278 valence electrons. The van der Waals surface area contributed by atoms with Crippen molar-refractivity contribution < 1.29 is 4.79 Å². The second-order valence-corrected chi connectivity index (χ2v) is 20.6. The number of ketones is 1. The van der Waals surface area contributed by atoms with Crippen LogP contribution in [0.5, 0.6) is 0 Å². The molecule has 0 unspecified atom stereocenters. The lowest BCUT2D eigenvalue weighted by Crippen LogP contribution is -2.15. The van der Waals surface area contributed by atoms with Gasteiger partial charge in [0, 0.05) is 58.2 Å². The molecule has 12 rings (SSSR count). The summed E-state index contributed by atoms with van der Waals surface area (Å²) in [6.45, 7) is 13.3. The van der Waals surface area contributed by atoms with Gasteiger partial charge < -0.3 is 0 Å². The van der Waals surface area contributed by atoms with Crippen LogP contribution in [-0.2, 0) is 10.8 Å². The Bertz CT molecular complexity index is 3250. The number of rotatable bonds is 2. The van der Waals surface area contributed by atoms with Crippen molar-refractivity contribution in [3.8, 4) is 52.5 Å². The first-order valence-corrected chi connectivity index (χ1v) is 23.0. The average molecular weight is 859 g/mol. The van der Waals surface area contributed by atoms with Gasteiger partial charge in [0.2, 0.25) is 0 Å². The highest BCUT2D eigenvalue weighted by molar-refractivity contribution is 7.35. The molecular formula is C45H26N6OS6. The summed E-state index contributed by atoms with van der Waals surface area (Å²) in [6, 6.07) is 28.0. The number of allylic oxidation sites excluding steroid dienone is 3. The second kappa shape index (κ2) is 12.5. The number of hydrogen-bond donors (Lipinski definition) is 0.